The van der Waals surface area contributed by atoms with Crippen molar-refractivity contribution in [1.29, 1.82) is 0 Å². The van der Waals surface area contributed by atoms with E-state index in [1.165, 1.54) is 0 Å². The summed E-state index contributed by atoms with van der Waals surface area (Å²) in [6.07, 6.45) is 0. The first-order valence-electron chi connectivity index (χ1n) is 6.33. The molecule has 1 aliphatic rings. The summed E-state index contributed by atoms with van der Waals surface area (Å²) in [5, 5.41) is 0. The Labute approximate surface area is 99.5 Å². The lowest BCUT2D eigenvalue weighted by molar-refractivity contribution is 0.128. The molecular formula is C12H26N4. The molecule has 2 N–H and O–H groups in total. The van der Waals surface area contributed by atoms with Crippen LogP contribution in [0, 0.1) is 5.92 Å². The minimum absolute atomic E-state index is 0.576. The Morgan fingerprint density at radius 2 is 2.12 bits per heavy atom. The number of aliphatic imine (C=N–C) groups is 1. The summed E-state index contributed by atoms with van der Waals surface area (Å²) in [5.74, 6) is 1.30. The highest BCUT2D eigenvalue weighted by atomic mass is 15.3. The Hall–Kier alpha value is -0.770. The van der Waals surface area contributed by atoms with E-state index in [4.69, 9.17) is 5.73 Å². The lowest BCUT2D eigenvalue weighted by atomic mass is 10.2. The average Bonchev–Trinajstić information content (AvgIpc) is 2.25. The summed E-state index contributed by atoms with van der Waals surface area (Å²) in [5.41, 5.74) is 6.00. The van der Waals surface area contributed by atoms with E-state index in [0.29, 0.717) is 12.0 Å². The van der Waals surface area contributed by atoms with Crippen LogP contribution in [0.15, 0.2) is 4.99 Å². The minimum atomic E-state index is 0.576. The molecule has 0 saturated carbocycles. The van der Waals surface area contributed by atoms with Crippen LogP contribution in [0.4, 0.5) is 0 Å². The number of rotatable bonds is 3. The van der Waals surface area contributed by atoms with E-state index in [9.17, 15) is 0 Å². The highest BCUT2D eigenvalue weighted by molar-refractivity contribution is 5.78. The van der Waals surface area contributed by atoms with E-state index in [2.05, 4.69) is 42.5 Å². The van der Waals surface area contributed by atoms with E-state index in [1.807, 2.05) is 0 Å². The van der Waals surface area contributed by atoms with Gasteiger partial charge in [0.1, 0.15) is 0 Å². The number of hydrogen-bond donors (Lipinski definition) is 1. The van der Waals surface area contributed by atoms with Crippen LogP contribution >= 0.6 is 0 Å². The molecule has 1 aliphatic heterocycles. The van der Waals surface area contributed by atoms with Crippen LogP contribution in [-0.4, -0.2) is 54.5 Å². The smallest absolute Gasteiger partial charge is 0.191 e. The van der Waals surface area contributed by atoms with Gasteiger partial charge in [0.05, 0.1) is 0 Å². The second-order valence-electron chi connectivity index (χ2n) is 5.02. The van der Waals surface area contributed by atoms with Crippen molar-refractivity contribution in [2.45, 2.75) is 33.7 Å². The maximum absolute atomic E-state index is 6.00. The molecule has 1 atom stereocenters. The monoisotopic (exact) mass is 226 g/mol. The lowest BCUT2D eigenvalue weighted by Gasteiger charge is -2.39. The Balaban J connectivity index is 2.47. The molecule has 0 aromatic rings. The molecule has 0 amide bonds. The quantitative estimate of drug-likeness (QED) is 0.576. The SMILES string of the molecule is CCN1CCN(C(N)=NCC(C)C)CC1C. The standard InChI is InChI=1S/C12H26N4/c1-5-15-6-7-16(9-11(15)4)12(13)14-8-10(2)3/h10-11H,5-9H2,1-4H3,(H2,13,14). The molecule has 16 heavy (non-hydrogen) atoms. The van der Waals surface area contributed by atoms with Crippen molar-refractivity contribution in [3.63, 3.8) is 0 Å². The zero-order valence-corrected chi connectivity index (χ0v) is 11.1. The molecule has 0 spiro atoms. The van der Waals surface area contributed by atoms with Gasteiger partial charge in [-0.2, -0.15) is 0 Å². The molecule has 0 radical (unpaired) electrons. The predicted molar refractivity (Wildman–Crippen MR) is 69.6 cm³/mol. The number of likely N-dealkylation sites (N-methyl/N-ethyl adjacent to an activating group) is 1. The maximum atomic E-state index is 6.00. The van der Waals surface area contributed by atoms with Gasteiger partial charge < -0.3 is 10.6 Å². The molecule has 1 unspecified atom stereocenters. The summed E-state index contributed by atoms with van der Waals surface area (Å²) < 4.78 is 0. The van der Waals surface area contributed by atoms with E-state index in [0.717, 1.165) is 38.7 Å². The van der Waals surface area contributed by atoms with Crippen LogP contribution in [0.3, 0.4) is 0 Å². The molecule has 4 nitrogen and oxygen atoms in total. The zero-order valence-electron chi connectivity index (χ0n) is 11.1. The summed E-state index contributed by atoms with van der Waals surface area (Å²) in [6, 6.07) is 0.576. The van der Waals surface area contributed by atoms with Crippen LogP contribution in [-0.2, 0) is 0 Å². The number of hydrogen-bond acceptors (Lipinski definition) is 2. The largest absolute Gasteiger partial charge is 0.370 e. The van der Waals surface area contributed by atoms with Gasteiger partial charge in [-0.25, -0.2) is 0 Å². The molecule has 0 aromatic heterocycles. The molecule has 1 rings (SSSR count). The van der Waals surface area contributed by atoms with Gasteiger partial charge in [0.15, 0.2) is 5.96 Å². The van der Waals surface area contributed by atoms with E-state index in [-0.39, 0.29) is 0 Å². The van der Waals surface area contributed by atoms with Gasteiger partial charge in [-0.3, -0.25) is 9.89 Å². The molecule has 94 valence electrons. The van der Waals surface area contributed by atoms with Gasteiger partial charge in [-0.1, -0.05) is 20.8 Å². The highest BCUT2D eigenvalue weighted by Gasteiger charge is 2.23. The van der Waals surface area contributed by atoms with Crippen molar-refractivity contribution in [2.24, 2.45) is 16.6 Å². The fourth-order valence-corrected chi connectivity index (χ4v) is 2.05. The van der Waals surface area contributed by atoms with Crippen molar-refractivity contribution in [1.82, 2.24) is 9.80 Å². The zero-order chi connectivity index (χ0) is 12.1. The Bertz CT molecular complexity index is 237. The first-order valence-corrected chi connectivity index (χ1v) is 6.33. The topological polar surface area (TPSA) is 44.9 Å². The van der Waals surface area contributed by atoms with Gasteiger partial charge in [-0.05, 0) is 19.4 Å². The van der Waals surface area contributed by atoms with Crippen molar-refractivity contribution >= 4 is 5.96 Å². The van der Waals surface area contributed by atoms with Crippen molar-refractivity contribution in [2.75, 3.05) is 32.7 Å². The molecule has 4 heteroatoms. The molecule has 1 fully saturated rings. The van der Waals surface area contributed by atoms with Gasteiger partial charge in [0.25, 0.3) is 0 Å². The Morgan fingerprint density at radius 3 is 2.62 bits per heavy atom. The molecule has 0 bridgehead atoms. The molecule has 0 aliphatic carbocycles. The normalized spacial score (nSPS) is 24.2. The summed E-state index contributed by atoms with van der Waals surface area (Å²) in [7, 11) is 0. The summed E-state index contributed by atoms with van der Waals surface area (Å²) >= 11 is 0. The van der Waals surface area contributed by atoms with E-state index < -0.39 is 0 Å². The minimum Gasteiger partial charge on any atom is -0.370 e. The second kappa shape index (κ2) is 6.09. The fourth-order valence-electron chi connectivity index (χ4n) is 2.05. The third kappa shape index (κ3) is 3.67. The van der Waals surface area contributed by atoms with Crippen LogP contribution in [0.2, 0.25) is 0 Å². The average molecular weight is 226 g/mol. The van der Waals surface area contributed by atoms with E-state index >= 15 is 0 Å². The van der Waals surface area contributed by atoms with Gasteiger partial charge in [0, 0.05) is 32.2 Å². The second-order valence-corrected chi connectivity index (χ2v) is 5.02. The third-order valence-electron chi connectivity index (χ3n) is 3.11. The molecule has 1 heterocycles. The predicted octanol–water partition coefficient (Wildman–Crippen LogP) is 0.983. The maximum Gasteiger partial charge on any atom is 0.191 e. The third-order valence-corrected chi connectivity index (χ3v) is 3.11. The van der Waals surface area contributed by atoms with Crippen LogP contribution < -0.4 is 5.73 Å². The lowest BCUT2D eigenvalue weighted by Crippen LogP contribution is -2.55. The Kier molecular flexibility index (Phi) is 5.06. The van der Waals surface area contributed by atoms with Crippen LogP contribution in [0.1, 0.15) is 27.7 Å². The van der Waals surface area contributed by atoms with Crippen molar-refractivity contribution in [3.8, 4) is 0 Å². The van der Waals surface area contributed by atoms with Gasteiger partial charge in [0.2, 0.25) is 0 Å². The first-order chi connectivity index (χ1) is 7.54. The molecular weight excluding hydrogens is 200 g/mol. The Morgan fingerprint density at radius 1 is 1.44 bits per heavy atom. The fraction of sp³-hybridized carbons (Fsp3) is 0.917. The molecule has 0 aromatic carbocycles. The van der Waals surface area contributed by atoms with Gasteiger partial charge in [-0.15, -0.1) is 0 Å². The number of guanidine groups is 1. The van der Waals surface area contributed by atoms with Crippen molar-refractivity contribution < 1.29 is 0 Å². The van der Waals surface area contributed by atoms with Crippen LogP contribution in [0.5, 0.6) is 0 Å². The number of piperazine rings is 1. The number of nitrogens with two attached hydrogens (primary N) is 1. The van der Waals surface area contributed by atoms with Crippen molar-refractivity contribution in [3.05, 3.63) is 0 Å². The number of nitrogens with zero attached hydrogens (tertiary/aromatic N) is 3. The van der Waals surface area contributed by atoms with Crippen LogP contribution in [0.25, 0.3) is 0 Å². The summed E-state index contributed by atoms with van der Waals surface area (Å²) in [6.45, 7) is 13.8. The molecule has 1 saturated heterocycles. The summed E-state index contributed by atoms with van der Waals surface area (Å²) in [4.78, 5) is 9.12. The van der Waals surface area contributed by atoms with E-state index in [1.54, 1.807) is 0 Å². The highest BCUT2D eigenvalue weighted by Crippen LogP contribution is 2.08. The van der Waals surface area contributed by atoms with Gasteiger partial charge >= 0.3 is 0 Å². The first kappa shape index (κ1) is 13.3.